The molecule has 1 aliphatic heterocycles. The molecule has 1 saturated heterocycles. The molecule has 1 N–H and O–H groups in total. The van der Waals surface area contributed by atoms with Crippen molar-refractivity contribution in [1.82, 2.24) is 10.2 Å². The van der Waals surface area contributed by atoms with Gasteiger partial charge in [0.1, 0.15) is 5.60 Å². The van der Waals surface area contributed by atoms with E-state index in [0.717, 1.165) is 12.8 Å². The van der Waals surface area contributed by atoms with Crippen molar-refractivity contribution in [3.05, 3.63) is 35.4 Å². The molecule has 2 amide bonds. The Balaban J connectivity index is 1.46. The third-order valence-electron chi connectivity index (χ3n) is 5.53. The lowest BCUT2D eigenvalue weighted by atomic mass is 9.82. The summed E-state index contributed by atoms with van der Waals surface area (Å²) in [7, 11) is 0. The van der Waals surface area contributed by atoms with Crippen LogP contribution in [0.2, 0.25) is 0 Å². The van der Waals surface area contributed by atoms with Gasteiger partial charge >= 0.3 is 6.09 Å². The van der Waals surface area contributed by atoms with Crippen LogP contribution in [0.25, 0.3) is 0 Å². The van der Waals surface area contributed by atoms with Crippen LogP contribution in [0.15, 0.2) is 24.3 Å². The molecule has 1 atom stereocenters. The molecule has 1 aromatic rings. The molecule has 5 heteroatoms. The van der Waals surface area contributed by atoms with Crippen LogP contribution in [0.5, 0.6) is 0 Å². The van der Waals surface area contributed by atoms with Crippen LogP contribution >= 0.6 is 0 Å². The molecule has 0 bridgehead atoms. The van der Waals surface area contributed by atoms with Crippen LogP contribution in [0.1, 0.15) is 63.5 Å². The number of carbonyl (C=O) groups excluding carboxylic acids is 2. The molecular formula is C22H32N2O3. The molecule has 1 aromatic carbocycles. The Labute approximate surface area is 162 Å². The molecule has 1 unspecified atom stereocenters. The van der Waals surface area contributed by atoms with E-state index in [1.54, 1.807) is 4.90 Å². The van der Waals surface area contributed by atoms with Gasteiger partial charge in [0.05, 0.1) is 0 Å². The molecule has 0 spiro atoms. The van der Waals surface area contributed by atoms with Gasteiger partial charge in [0.25, 0.3) is 0 Å². The second kappa shape index (κ2) is 8.32. The standard InChI is InChI=1S/C22H32N2O3/c1-22(2,3)27-21(26)24-13-11-17(12-14-24)20(25)23-15-18-9-6-8-16-7-4-5-10-19(16)18/h4-5,7,10,17-18H,6,8-9,11-15H2,1-3H3,(H,23,25). The number of piperidine rings is 1. The summed E-state index contributed by atoms with van der Waals surface area (Å²) < 4.78 is 5.42. The Kier molecular flexibility index (Phi) is 6.08. The van der Waals surface area contributed by atoms with Crippen LogP contribution in [0.4, 0.5) is 4.79 Å². The Morgan fingerprint density at radius 3 is 2.56 bits per heavy atom. The SMILES string of the molecule is CC(C)(C)OC(=O)N1CCC(C(=O)NCC2CCCc3ccccc32)CC1. The van der Waals surface area contributed by atoms with Gasteiger partial charge in [-0.05, 0) is 64.0 Å². The molecule has 1 fully saturated rings. The lowest BCUT2D eigenvalue weighted by molar-refractivity contribution is -0.126. The fraction of sp³-hybridized carbons (Fsp3) is 0.636. The molecule has 27 heavy (non-hydrogen) atoms. The molecule has 2 aliphatic rings. The van der Waals surface area contributed by atoms with E-state index in [9.17, 15) is 9.59 Å². The Morgan fingerprint density at radius 2 is 1.85 bits per heavy atom. The van der Waals surface area contributed by atoms with E-state index in [1.807, 2.05) is 20.8 Å². The highest BCUT2D eigenvalue weighted by Crippen LogP contribution is 2.31. The molecule has 5 nitrogen and oxygen atoms in total. The van der Waals surface area contributed by atoms with Gasteiger partial charge in [-0.3, -0.25) is 4.79 Å². The highest BCUT2D eigenvalue weighted by Gasteiger charge is 2.30. The predicted octanol–water partition coefficient (Wildman–Crippen LogP) is 3.87. The predicted molar refractivity (Wildman–Crippen MR) is 106 cm³/mol. The summed E-state index contributed by atoms with van der Waals surface area (Å²) in [5, 5.41) is 3.17. The number of fused-ring (bicyclic) bond motifs is 1. The molecule has 0 saturated carbocycles. The van der Waals surface area contributed by atoms with E-state index in [-0.39, 0.29) is 17.9 Å². The third kappa shape index (κ3) is 5.24. The number of amides is 2. The van der Waals surface area contributed by atoms with Gasteiger partial charge < -0.3 is 15.0 Å². The summed E-state index contributed by atoms with van der Waals surface area (Å²) in [6, 6.07) is 8.59. The van der Waals surface area contributed by atoms with E-state index >= 15 is 0 Å². The maximum Gasteiger partial charge on any atom is 0.410 e. The number of hydrogen-bond donors (Lipinski definition) is 1. The quantitative estimate of drug-likeness (QED) is 0.876. The van der Waals surface area contributed by atoms with Crippen LogP contribution in [0, 0.1) is 5.92 Å². The van der Waals surface area contributed by atoms with E-state index < -0.39 is 5.60 Å². The van der Waals surface area contributed by atoms with Gasteiger partial charge in [-0.25, -0.2) is 4.79 Å². The molecule has 0 aromatic heterocycles. The van der Waals surface area contributed by atoms with Crippen molar-refractivity contribution in [2.75, 3.05) is 19.6 Å². The Morgan fingerprint density at radius 1 is 1.15 bits per heavy atom. The van der Waals surface area contributed by atoms with Crippen molar-refractivity contribution in [2.24, 2.45) is 5.92 Å². The van der Waals surface area contributed by atoms with Crippen molar-refractivity contribution < 1.29 is 14.3 Å². The van der Waals surface area contributed by atoms with Crippen molar-refractivity contribution in [2.45, 2.75) is 64.4 Å². The minimum Gasteiger partial charge on any atom is -0.444 e. The van der Waals surface area contributed by atoms with Crippen molar-refractivity contribution in [3.8, 4) is 0 Å². The van der Waals surface area contributed by atoms with Gasteiger partial charge in [0.2, 0.25) is 5.91 Å². The summed E-state index contributed by atoms with van der Waals surface area (Å²) >= 11 is 0. The van der Waals surface area contributed by atoms with E-state index in [4.69, 9.17) is 4.74 Å². The van der Waals surface area contributed by atoms with E-state index in [1.165, 1.54) is 17.5 Å². The highest BCUT2D eigenvalue weighted by molar-refractivity contribution is 5.79. The smallest absolute Gasteiger partial charge is 0.410 e. The topological polar surface area (TPSA) is 58.6 Å². The maximum atomic E-state index is 12.6. The number of likely N-dealkylation sites (tertiary alicyclic amines) is 1. The van der Waals surface area contributed by atoms with Crippen LogP contribution in [-0.4, -0.2) is 42.1 Å². The number of nitrogens with zero attached hydrogens (tertiary/aromatic N) is 1. The summed E-state index contributed by atoms with van der Waals surface area (Å²) in [5.41, 5.74) is 2.33. The van der Waals surface area contributed by atoms with Crippen LogP contribution < -0.4 is 5.32 Å². The van der Waals surface area contributed by atoms with Crippen molar-refractivity contribution in [1.29, 1.82) is 0 Å². The number of aryl methyl sites for hydroxylation is 1. The van der Waals surface area contributed by atoms with Crippen molar-refractivity contribution >= 4 is 12.0 Å². The first kappa shape index (κ1) is 19.7. The van der Waals surface area contributed by atoms with Gasteiger partial charge in [0.15, 0.2) is 0 Å². The summed E-state index contributed by atoms with van der Waals surface area (Å²) in [5.74, 6) is 0.533. The number of carbonyl (C=O) groups is 2. The number of hydrogen-bond acceptors (Lipinski definition) is 3. The second-order valence-corrected chi connectivity index (χ2v) is 8.77. The molecule has 1 aliphatic carbocycles. The average molecular weight is 373 g/mol. The van der Waals surface area contributed by atoms with Crippen LogP contribution in [0.3, 0.4) is 0 Å². The maximum absolute atomic E-state index is 12.6. The number of nitrogens with one attached hydrogen (secondary N) is 1. The van der Waals surface area contributed by atoms with Crippen LogP contribution in [-0.2, 0) is 16.0 Å². The third-order valence-corrected chi connectivity index (χ3v) is 5.53. The first-order chi connectivity index (χ1) is 12.8. The fourth-order valence-electron chi connectivity index (χ4n) is 4.09. The van der Waals surface area contributed by atoms with E-state index in [0.29, 0.717) is 38.4 Å². The Hall–Kier alpha value is -2.04. The first-order valence-corrected chi connectivity index (χ1v) is 10.2. The fourth-order valence-corrected chi connectivity index (χ4v) is 4.09. The molecule has 3 rings (SSSR count). The van der Waals surface area contributed by atoms with Gasteiger partial charge in [-0.1, -0.05) is 24.3 Å². The normalized spacial score (nSPS) is 20.7. The minimum absolute atomic E-state index is 0.0116. The molecule has 148 valence electrons. The average Bonchev–Trinajstić information content (AvgIpc) is 2.65. The minimum atomic E-state index is -0.485. The monoisotopic (exact) mass is 372 g/mol. The summed E-state index contributed by atoms with van der Waals surface area (Å²) in [6.45, 7) is 7.48. The summed E-state index contributed by atoms with van der Waals surface area (Å²) in [4.78, 5) is 26.5. The number of benzene rings is 1. The van der Waals surface area contributed by atoms with Gasteiger partial charge in [-0.2, -0.15) is 0 Å². The lowest BCUT2D eigenvalue weighted by Crippen LogP contribution is -2.45. The molecule has 0 radical (unpaired) electrons. The van der Waals surface area contributed by atoms with Gasteiger partial charge in [-0.15, -0.1) is 0 Å². The van der Waals surface area contributed by atoms with Crippen molar-refractivity contribution in [3.63, 3.8) is 0 Å². The zero-order chi connectivity index (χ0) is 19.4. The molecule has 1 heterocycles. The summed E-state index contributed by atoms with van der Waals surface area (Å²) in [6.07, 6.45) is 4.59. The largest absolute Gasteiger partial charge is 0.444 e. The molecular weight excluding hydrogens is 340 g/mol. The number of rotatable bonds is 3. The zero-order valence-electron chi connectivity index (χ0n) is 16.8. The lowest BCUT2D eigenvalue weighted by Gasteiger charge is -2.33. The number of ether oxygens (including phenoxy) is 1. The second-order valence-electron chi connectivity index (χ2n) is 8.77. The van der Waals surface area contributed by atoms with E-state index in [2.05, 4.69) is 29.6 Å². The first-order valence-electron chi connectivity index (χ1n) is 10.2. The van der Waals surface area contributed by atoms with Gasteiger partial charge in [0, 0.05) is 31.5 Å². The zero-order valence-corrected chi connectivity index (χ0v) is 16.8. The highest BCUT2D eigenvalue weighted by atomic mass is 16.6. The Bertz CT molecular complexity index is 672.